The van der Waals surface area contributed by atoms with E-state index in [2.05, 4.69) is 18.9 Å². The van der Waals surface area contributed by atoms with Crippen LogP contribution in [0.2, 0.25) is 0 Å². The summed E-state index contributed by atoms with van der Waals surface area (Å²) in [6.45, 7) is 3.08. The van der Waals surface area contributed by atoms with Crippen LogP contribution < -0.4 is 0 Å². The van der Waals surface area contributed by atoms with Crippen molar-refractivity contribution < 1.29 is 5.11 Å². The Morgan fingerprint density at radius 1 is 1.55 bits per heavy atom. The van der Waals surface area contributed by atoms with Crippen molar-refractivity contribution in [3.05, 3.63) is 0 Å². The SMILES string of the molecule is CCCC[C@@H]1C[C@H](O)CN1C. The van der Waals surface area contributed by atoms with Crippen molar-refractivity contribution in [2.45, 2.75) is 44.8 Å². The number of aliphatic hydroxyl groups is 1. The Hall–Kier alpha value is -0.0800. The molecule has 0 radical (unpaired) electrons. The summed E-state index contributed by atoms with van der Waals surface area (Å²) in [4.78, 5) is 2.28. The molecule has 0 unspecified atom stereocenters. The zero-order valence-electron chi connectivity index (χ0n) is 7.58. The highest BCUT2D eigenvalue weighted by atomic mass is 16.3. The van der Waals surface area contributed by atoms with Crippen molar-refractivity contribution in [3.8, 4) is 0 Å². The molecule has 1 heterocycles. The third-order valence-electron chi connectivity index (χ3n) is 2.56. The van der Waals surface area contributed by atoms with Crippen LogP contribution in [0.4, 0.5) is 0 Å². The van der Waals surface area contributed by atoms with Crippen molar-refractivity contribution in [1.82, 2.24) is 4.90 Å². The number of likely N-dealkylation sites (tertiary alicyclic amines) is 1. The van der Waals surface area contributed by atoms with Gasteiger partial charge in [-0.15, -0.1) is 0 Å². The molecule has 0 spiro atoms. The van der Waals surface area contributed by atoms with Crippen LogP contribution in [0.15, 0.2) is 0 Å². The highest BCUT2D eigenvalue weighted by molar-refractivity contribution is 4.82. The molecule has 0 saturated carbocycles. The third-order valence-corrected chi connectivity index (χ3v) is 2.56. The van der Waals surface area contributed by atoms with Gasteiger partial charge in [0.1, 0.15) is 0 Å². The second-order valence-corrected chi connectivity index (χ2v) is 3.63. The van der Waals surface area contributed by atoms with Crippen molar-refractivity contribution in [2.75, 3.05) is 13.6 Å². The van der Waals surface area contributed by atoms with Gasteiger partial charge in [-0.25, -0.2) is 0 Å². The molecule has 1 fully saturated rings. The molecular formula is C9H19NO. The van der Waals surface area contributed by atoms with E-state index in [1.54, 1.807) is 0 Å². The lowest BCUT2D eigenvalue weighted by Crippen LogP contribution is -2.24. The molecule has 1 rings (SSSR count). The molecule has 2 nitrogen and oxygen atoms in total. The summed E-state index contributed by atoms with van der Waals surface area (Å²) in [6.07, 6.45) is 4.73. The van der Waals surface area contributed by atoms with E-state index in [4.69, 9.17) is 0 Å². The maximum absolute atomic E-state index is 9.33. The lowest BCUT2D eigenvalue weighted by atomic mass is 10.1. The Bertz CT molecular complexity index is 116. The molecule has 1 aliphatic rings. The minimum absolute atomic E-state index is 0.0677. The Morgan fingerprint density at radius 2 is 2.27 bits per heavy atom. The molecular weight excluding hydrogens is 138 g/mol. The van der Waals surface area contributed by atoms with Crippen LogP contribution in [-0.2, 0) is 0 Å². The summed E-state index contributed by atoms with van der Waals surface area (Å²) in [5.41, 5.74) is 0. The number of hydrogen-bond acceptors (Lipinski definition) is 2. The minimum Gasteiger partial charge on any atom is -0.392 e. The standard InChI is InChI=1S/C9H19NO/c1-3-4-5-8-6-9(11)7-10(8)2/h8-9,11H,3-7H2,1-2H3/t8-,9+/m1/s1. The molecule has 0 bridgehead atoms. The second-order valence-electron chi connectivity index (χ2n) is 3.63. The fraction of sp³-hybridized carbons (Fsp3) is 1.00. The number of hydrogen-bond donors (Lipinski definition) is 1. The third kappa shape index (κ3) is 2.46. The molecule has 0 aromatic rings. The maximum atomic E-state index is 9.33. The smallest absolute Gasteiger partial charge is 0.0682 e. The predicted octanol–water partition coefficient (Wildman–Crippen LogP) is 1.24. The molecule has 66 valence electrons. The fourth-order valence-electron chi connectivity index (χ4n) is 1.83. The summed E-state index contributed by atoms with van der Waals surface area (Å²) in [6, 6.07) is 0.643. The molecule has 0 aromatic heterocycles. The highest BCUT2D eigenvalue weighted by Crippen LogP contribution is 2.20. The lowest BCUT2D eigenvalue weighted by molar-refractivity contribution is 0.182. The van der Waals surface area contributed by atoms with Gasteiger partial charge >= 0.3 is 0 Å². The van der Waals surface area contributed by atoms with E-state index in [1.807, 2.05) is 0 Å². The number of rotatable bonds is 3. The quantitative estimate of drug-likeness (QED) is 0.666. The minimum atomic E-state index is -0.0677. The Kier molecular flexibility index (Phi) is 3.34. The van der Waals surface area contributed by atoms with Gasteiger partial charge in [0.05, 0.1) is 6.10 Å². The maximum Gasteiger partial charge on any atom is 0.0682 e. The normalized spacial score (nSPS) is 33.0. The first-order valence-corrected chi connectivity index (χ1v) is 4.62. The summed E-state index contributed by atoms with van der Waals surface area (Å²) < 4.78 is 0. The van der Waals surface area contributed by atoms with E-state index >= 15 is 0 Å². The number of unbranched alkanes of at least 4 members (excludes halogenated alkanes) is 1. The van der Waals surface area contributed by atoms with Crippen molar-refractivity contribution in [3.63, 3.8) is 0 Å². The van der Waals surface area contributed by atoms with Crippen LogP contribution in [0.3, 0.4) is 0 Å². The van der Waals surface area contributed by atoms with E-state index in [0.29, 0.717) is 6.04 Å². The van der Waals surface area contributed by atoms with Gasteiger partial charge < -0.3 is 10.0 Å². The van der Waals surface area contributed by atoms with Gasteiger partial charge in [0, 0.05) is 12.6 Å². The van der Waals surface area contributed by atoms with Crippen LogP contribution in [0.1, 0.15) is 32.6 Å². The van der Waals surface area contributed by atoms with Crippen LogP contribution in [-0.4, -0.2) is 35.7 Å². The first-order chi connectivity index (χ1) is 5.24. The number of likely N-dealkylation sites (N-methyl/N-ethyl adjacent to an activating group) is 1. The molecule has 11 heavy (non-hydrogen) atoms. The first-order valence-electron chi connectivity index (χ1n) is 4.62. The largest absolute Gasteiger partial charge is 0.392 e. The highest BCUT2D eigenvalue weighted by Gasteiger charge is 2.26. The molecule has 1 aliphatic heterocycles. The number of β-amino-alcohol motifs (C(OH)–C–C–N with tert-alkyl or cyclic N) is 1. The molecule has 0 aliphatic carbocycles. The number of aliphatic hydroxyl groups excluding tert-OH is 1. The van der Waals surface area contributed by atoms with Gasteiger partial charge in [0.15, 0.2) is 0 Å². The van der Waals surface area contributed by atoms with Crippen molar-refractivity contribution in [1.29, 1.82) is 0 Å². The van der Waals surface area contributed by atoms with E-state index < -0.39 is 0 Å². The molecule has 0 aromatic carbocycles. The van der Waals surface area contributed by atoms with Crippen LogP contribution in [0.5, 0.6) is 0 Å². The molecule has 0 amide bonds. The summed E-state index contributed by atoms with van der Waals surface area (Å²) in [7, 11) is 2.11. The summed E-state index contributed by atoms with van der Waals surface area (Å²) in [5, 5.41) is 9.33. The topological polar surface area (TPSA) is 23.5 Å². The van der Waals surface area contributed by atoms with Gasteiger partial charge in [0.25, 0.3) is 0 Å². The van der Waals surface area contributed by atoms with Gasteiger partial charge in [-0.3, -0.25) is 0 Å². The van der Waals surface area contributed by atoms with Crippen molar-refractivity contribution >= 4 is 0 Å². The zero-order chi connectivity index (χ0) is 8.27. The molecule has 1 N–H and O–H groups in total. The average molecular weight is 157 g/mol. The average Bonchev–Trinajstić information content (AvgIpc) is 2.26. The predicted molar refractivity (Wildman–Crippen MR) is 46.6 cm³/mol. The monoisotopic (exact) mass is 157 g/mol. The first kappa shape index (κ1) is 9.01. The van der Waals surface area contributed by atoms with E-state index in [-0.39, 0.29) is 6.10 Å². The van der Waals surface area contributed by atoms with Gasteiger partial charge in [0.2, 0.25) is 0 Å². The fourth-order valence-corrected chi connectivity index (χ4v) is 1.83. The molecule has 1 saturated heterocycles. The van der Waals surface area contributed by atoms with Crippen molar-refractivity contribution in [2.24, 2.45) is 0 Å². The van der Waals surface area contributed by atoms with Gasteiger partial charge in [-0.2, -0.15) is 0 Å². The lowest BCUT2D eigenvalue weighted by Gasteiger charge is -2.17. The van der Waals surface area contributed by atoms with E-state index in [0.717, 1.165) is 13.0 Å². The van der Waals surface area contributed by atoms with Gasteiger partial charge in [-0.1, -0.05) is 19.8 Å². The van der Waals surface area contributed by atoms with Crippen LogP contribution in [0.25, 0.3) is 0 Å². The van der Waals surface area contributed by atoms with Crippen LogP contribution >= 0.6 is 0 Å². The zero-order valence-corrected chi connectivity index (χ0v) is 7.58. The van der Waals surface area contributed by atoms with Gasteiger partial charge in [-0.05, 0) is 19.9 Å². The van der Waals surface area contributed by atoms with E-state index in [1.165, 1.54) is 19.3 Å². The van der Waals surface area contributed by atoms with Crippen LogP contribution in [0, 0.1) is 0 Å². The second kappa shape index (κ2) is 4.07. The molecule has 2 atom stereocenters. The Morgan fingerprint density at radius 3 is 2.73 bits per heavy atom. The number of nitrogens with zero attached hydrogens (tertiary/aromatic N) is 1. The summed E-state index contributed by atoms with van der Waals surface area (Å²) >= 11 is 0. The summed E-state index contributed by atoms with van der Waals surface area (Å²) in [5.74, 6) is 0. The van der Waals surface area contributed by atoms with E-state index in [9.17, 15) is 5.11 Å². The Labute approximate surface area is 69.2 Å². The molecule has 2 heteroatoms. The Balaban J connectivity index is 2.23.